The molecule has 0 aliphatic rings. The van der Waals surface area contributed by atoms with Crippen molar-refractivity contribution < 1.29 is 13.2 Å². The summed E-state index contributed by atoms with van der Waals surface area (Å²) in [5, 5.41) is 4.44. The molecule has 9 heteroatoms. The largest absolute Gasteiger partial charge is 0.439 e. The summed E-state index contributed by atoms with van der Waals surface area (Å²) in [4.78, 5) is 8.01. The standard InChI is InChI=1S/C22H21N5O3S/c1-16-22(17(2)27(25-16)14-18-6-4-3-5-7-18)31(28,29)26-19-8-10-20(11-9-19)30-21-12-13-23-15-24-21/h3-13,15,26H,14H2,1-2H3. The third-order valence-electron chi connectivity index (χ3n) is 4.64. The highest BCUT2D eigenvalue weighted by atomic mass is 32.2. The molecule has 0 aliphatic heterocycles. The van der Waals surface area contributed by atoms with Crippen molar-refractivity contribution in [1.82, 2.24) is 19.7 Å². The van der Waals surface area contributed by atoms with Gasteiger partial charge in [0, 0.05) is 18.0 Å². The van der Waals surface area contributed by atoms with E-state index >= 15 is 0 Å². The number of anilines is 1. The minimum Gasteiger partial charge on any atom is -0.439 e. The van der Waals surface area contributed by atoms with Gasteiger partial charge in [0.2, 0.25) is 5.88 Å². The summed E-state index contributed by atoms with van der Waals surface area (Å²) in [6.07, 6.45) is 2.97. The molecule has 2 aromatic heterocycles. The number of rotatable bonds is 7. The second-order valence-corrected chi connectivity index (χ2v) is 8.54. The maximum absolute atomic E-state index is 13.1. The number of benzene rings is 2. The Hall–Kier alpha value is -3.72. The highest BCUT2D eigenvalue weighted by Crippen LogP contribution is 2.25. The molecular formula is C22H21N5O3S. The molecular weight excluding hydrogens is 414 g/mol. The van der Waals surface area contributed by atoms with E-state index in [-0.39, 0.29) is 4.90 Å². The zero-order valence-electron chi connectivity index (χ0n) is 17.1. The maximum Gasteiger partial charge on any atom is 0.265 e. The molecule has 8 nitrogen and oxygen atoms in total. The lowest BCUT2D eigenvalue weighted by Crippen LogP contribution is -2.15. The molecule has 2 heterocycles. The van der Waals surface area contributed by atoms with Crippen LogP contribution in [0.3, 0.4) is 0 Å². The lowest BCUT2D eigenvalue weighted by Gasteiger charge is -2.10. The first kappa shape index (κ1) is 20.5. The Morgan fingerprint density at radius 3 is 2.42 bits per heavy atom. The minimum atomic E-state index is -3.81. The highest BCUT2D eigenvalue weighted by Gasteiger charge is 2.25. The molecule has 158 valence electrons. The Morgan fingerprint density at radius 2 is 1.74 bits per heavy atom. The number of ether oxygens (including phenoxy) is 1. The number of hydrogen-bond donors (Lipinski definition) is 1. The summed E-state index contributed by atoms with van der Waals surface area (Å²) in [7, 11) is -3.81. The second-order valence-electron chi connectivity index (χ2n) is 6.92. The maximum atomic E-state index is 13.1. The summed E-state index contributed by atoms with van der Waals surface area (Å²) in [5.74, 6) is 0.935. The quantitative estimate of drug-likeness (QED) is 0.472. The van der Waals surface area contributed by atoms with E-state index in [0.717, 1.165) is 5.56 Å². The molecule has 0 amide bonds. The zero-order valence-corrected chi connectivity index (χ0v) is 17.9. The van der Waals surface area contributed by atoms with Crippen LogP contribution in [0, 0.1) is 13.8 Å². The van der Waals surface area contributed by atoms with E-state index in [1.165, 1.54) is 6.33 Å². The van der Waals surface area contributed by atoms with Crippen LogP contribution >= 0.6 is 0 Å². The second kappa shape index (κ2) is 8.57. The fraction of sp³-hybridized carbons (Fsp3) is 0.136. The molecule has 0 saturated heterocycles. The van der Waals surface area contributed by atoms with Crippen LogP contribution in [0.25, 0.3) is 0 Å². The van der Waals surface area contributed by atoms with Crippen LogP contribution in [-0.4, -0.2) is 28.2 Å². The number of hydrogen-bond acceptors (Lipinski definition) is 6. The van der Waals surface area contributed by atoms with Crippen molar-refractivity contribution in [3.63, 3.8) is 0 Å². The topological polar surface area (TPSA) is 99.0 Å². The number of nitrogens with zero attached hydrogens (tertiary/aromatic N) is 4. The fourth-order valence-corrected chi connectivity index (χ4v) is 4.71. The van der Waals surface area contributed by atoms with E-state index in [9.17, 15) is 8.42 Å². The smallest absolute Gasteiger partial charge is 0.265 e. The van der Waals surface area contributed by atoms with Crippen molar-refractivity contribution in [3.8, 4) is 11.6 Å². The first-order valence-electron chi connectivity index (χ1n) is 9.57. The monoisotopic (exact) mass is 435 g/mol. The Balaban J connectivity index is 1.52. The molecule has 0 saturated carbocycles. The molecule has 31 heavy (non-hydrogen) atoms. The number of aryl methyl sites for hydroxylation is 1. The summed E-state index contributed by atoms with van der Waals surface area (Å²) < 4.78 is 36.1. The van der Waals surface area contributed by atoms with E-state index in [2.05, 4.69) is 19.8 Å². The first-order valence-corrected chi connectivity index (χ1v) is 11.1. The van der Waals surface area contributed by atoms with Crippen molar-refractivity contribution in [2.45, 2.75) is 25.3 Å². The van der Waals surface area contributed by atoms with E-state index in [4.69, 9.17) is 4.74 Å². The summed E-state index contributed by atoms with van der Waals surface area (Å²) >= 11 is 0. The van der Waals surface area contributed by atoms with Crippen molar-refractivity contribution in [2.75, 3.05) is 4.72 Å². The van der Waals surface area contributed by atoms with Crippen molar-refractivity contribution in [2.24, 2.45) is 0 Å². The molecule has 0 atom stereocenters. The average Bonchev–Trinajstić information content (AvgIpc) is 3.04. The number of aromatic nitrogens is 4. The fourth-order valence-electron chi connectivity index (χ4n) is 3.24. The molecule has 0 radical (unpaired) electrons. The Bertz CT molecular complexity index is 1270. The molecule has 0 spiro atoms. The first-order chi connectivity index (χ1) is 14.9. The predicted molar refractivity (Wildman–Crippen MR) is 117 cm³/mol. The Kier molecular flexibility index (Phi) is 5.68. The highest BCUT2D eigenvalue weighted by molar-refractivity contribution is 7.92. The normalized spacial score (nSPS) is 11.3. The summed E-state index contributed by atoms with van der Waals surface area (Å²) in [6, 6.07) is 18.0. The predicted octanol–water partition coefficient (Wildman–Crippen LogP) is 3.93. The van der Waals surface area contributed by atoms with Gasteiger partial charge in [0.1, 0.15) is 17.0 Å². The van der Waals surface area contributed by atoms with Crippen LogP contribution in [0.2, 0.25) is 0 Å². The third-order valence-corrected chi connectivity index (χ3v) is 6.28. The van der Waals surface area contributed by atoms with Gasteiger partial charge in [0.25, 0.3) is 10.0 Å². The minimum absolute atomic E-state index is 0.185. The lowest BCUT2D eigenvalue weighted by molar-refractivity contribution is 0.461. The van der Waals surface area contributed by atoms with Gasteiger partial charge in [-0.3, -0.25) is 9.40 Å². The van der Waals surface area contributed by atoms with Gasteiger partial charge >= 0.3 is 0 Å². The SMILES string of the molecule is Cc1nn(Cc2ccccc2)c(C)c1S(=O)(=O)Nc1ccc(Oc2ccncn2)cc1. The molecule has 0 bridgehead atoms. The average molecular weight is 436 g/mol. The lowest BCUT2D eigenvalue weighted by atomic mass is 10.2. The van der Waals surface area contributed by atoms with Gasteiger partial charge in [0.15, 0.2) is 0 Å². The van der Waals surface area contributed by atoms with Gasteiger partial charge in [-0.1, -0.05) is 30.3 Å². The van der Waals surface area contributed by atoms with Gasteiger partial charge in [0.05, 0.1) is 17.9 Å². The van der Waals surface area contributed by atoms with Gasteiger partial charge in [-0.2, -0.15) is 5.10 Å². The number of sulfonamides is 1. The molecule has 2 aromatic carbocycles. The van der Waals surface area contributed by atoms with Gasteiger partial charge in [-0.05, 0) is 43.7 Å². The van der Waals surface area contributed by atoms with E-state index in [1.807, 2.05) is 30.3 Å². The van der Waals surface area contributed by atoms with E-state index in [0.29, 0.717) is 35.2 Å². The number of nitrogens with one attached hydrogen (secondary N) is 1. The van der Waals surface area contributed by atoms with Crippen LogP contribution in [0.4, 0.5) is 5.69 Å². The molecule has 4 rings (SSSR count). The summed E-state index contributed by atoms with van der Waals surface area (Å²) in [5.41, 5.74) is 2.50. The molecule has 0 aliphatic carbocycles. The van der Waals surface area contributed by atoms with Gasteiger partial charge in [-0.25, -0.2) is 18.4 Å². The third kappa shape index (κ3) is 4.72. The van der Waals surface area contributed by atoms with Crippen LogP contribution in [0.15, 0.2) is 78.1 Å². The van der Waals surface area contributed by atoms with E-state index in [1.54, 1.807) is 55.1 Å². The van der Waals surface area contributed by atoms with Gasteiger partial charge < -0.3 is 4.74 Å². The van der Waals surface area contributed by atoms with Gasteiger partial charge in [-0.15, -0.1) is 0 Å². The van der Waals surface area contributed by atoms with Crippen LogP contribution < -0.4 is 9.46 Å². The molecule has 1 N–H and O–H groups in total. The van der Waals surface area contributed by atoms with Crippen LogP contribution in [0.1, 0.15) is 17.0 Å². The van der Waals surface area contributed by atoms with Crippen molar-refractivity contribution >= 4 is 15.7 Å². The Morgan fingerprint density at radius 1 is 1.00 bits per heavy atom. The molecule has 0 fully saturated rings. The Labute approximate surface area is 180 Å². The molecule has 4 aromatic rings. The molecule has 0 unspecified atom stereocenters. The van der Waals surface area contributed by atoms with Crippen molar-refractivity contribution in [1.29, 1.82) is 0 Å². The van der Waals surface area contributed by atoms with Crippen LogP contribution in [-0.2, 0) is 16.6 Å². The summed E-state index contributed by atoms with van der Waals surface area (Å²) in [6.45, 7) is 3.95. The zero-order chi connectivity index (χ0) is 21.8. The van der Waals surface area contributed by atoms with E-state index < -0.39 is 10.0 Å². The van der Waals surface area contributed by atoms with Crippen molar-refractivity contribution in [3.05, 3.63) is 90.1 Å². The van der Waals surface area contributed by atoms with Crippen LogP contribution in [0.5, 0.6) is 11.6 Å².